The van der Waals surface area contributed by atoms with Crippen LogP contribution < -0.4 is 24.8 Å². The molecule has 0 spiro atoms. The second-order valence-corrected chi connectivity index (χ2v) is 5.76. The third kappa shape index (κ3) is 3.88. The van der Waals surface area contributed by atoms with Crippen molar-refractivity contribution < 1.29 is 23.8 Å². The fourth-order valence-electron chi connectivity index (χ4n) is 2.66. The Morgan fingerprint density at radius 2 is 1.92 bits per heavy atom. The SMILES string of the molecule is COc1ccc(CNC(=O)CC2Oc3ccccc3NC2=O)cc1OC. The molecule has 0 radical (unpaired) electrons. The number of hydrogen-bond donors (Lipinski definition) is 2. The fourth-order valence-corrected chi connectivity index (χ4v) is 2.66. The molecule has 1 unspecified atom stereocenters. The highest BCUT2D eigenvalue weighted by molar-refractivity contribution is 5.99. The van der Waals surface area contributed by atoms with Gasteiger partial charge in [0, 0.05) is 6.54 Å². The second kappa shape index (κ2) is 7.77. The van der Waals surface area contributed by atoms with Gasteiger partial charge in [0.15, 0.2) is 17.6 Å². The van der Waals surface area contributed by atoms with Crippen molar-refractivity contribution in [3.05, 3.63) is 48.0 Å². The number of ether oxygens (including phenoxy) is 3. The molecule has 7 heteroatoms. The zero-order valence-corrected chi connectivity index (χ0v) is 14.6. The maximum absolute atomic E-state index is 12.2. The summed E-state index contributed by atoms with van der Waals surface area (Å²) in [5.74, 6) is 1.16. The monoisotopic (exact) mass is 356 g/mol. The maximum Gasteiger partial charge on any atom is 0.266 e. The molecule has 0 aromatic heterocycles. The van der Waals surface area contributed by atoms with Gasteiger partial charge in [0.1, 0.15) is 5.75 Å². The number of para-hydroxylation sites is 2. The summed E-state index contributed by atoms with van der Waals surface area (Å²) in [7, 11) is 3.11. The first-order chi connectivity index (χ1) is 12.6. The molecule has 2 N–H and O–H groups in total. The highest BCUT2D eigenvalue weighted by Gasteiger charge is 2.29. The van der Waals surface area contributed by atoms with Crippen LogP contribution >= 0.6 is 0 Å². The van der Waals surface area contributed by atoms with Crippen LogP contribution in [0.3, 0.4) is 0 Å². The van der Waals surface area contributed by atoms with Crippen LogP contribution in [0.5, 0.6) is 17.2 Å². The quantitative estimate of drug-likeness (QED) is 0.828. The smallest absolute Gasteiger partial charge is 0.266 e. The van der Waals surface area contributed by atoms with Crippen molar-refractivity contribution in [3.8, 4) is 17.2 Å². The van der Waals surface area contributed by atoms with Crippen LogP contribution in [0, 0.1) is 0 Å². The maximum atomic E-state index is 12.2. The Balaban J connectivity index is 1.57. The summed E-state index contributed by atoms with van der Waals surface area (Å²) in [5, 5.41) is 5.53. The molecule has 2 amide bonds. The number of anilines is 1. The summed E-state index contributed by atoms with van der Waals surface area (Å²) in [4.78, 5) is 24.3. The molecule has 2 aromatic rings. The van der Waals surface area contributed by atoms with Crippen LogP contribution in [-0.4, -0.2) is 32.1 Å². The summed E-state index contributed by atoms with van der Waals surface area (Å²) in [5.41, 5.74) is 1.47. The molecule has 0 bridgehead atoms. The van der Waals surface area contributed by atoms with Crippen molar-refractivity contribution in [1.82, 2.24) is 5.32 Å². The highest BCUT2D eigenvalue weighted by atomic mass is 16.5. The van der Waals surface area contributed by atoms with Gasteiger partial charge in [-0.05, 0) is 29.8 Å². The number of nitrogens with one attached hydrogen (secondary N) is 2. The molecule has 26 heavy (non-hydrogen) atoms. The normalized spacial score (nSPS) is 15.3. The summed E-state index contributed by atoms with van der Waals surface area (Å²) >= 11 is 0. The van der Waals surface area contributed by atoms with Crippen LogP contribution in [0.2, 0.25) is 0 Å². The topological polar surface area (TPSA) is 85.9 Å². The summed E-state index contributed by atoms with van der Waals surface area (Å²) in [6.45, 7) is 0.310. The van der Waals surface area contributed by atoms with E-state index in [4.69, 9.17) is 14.2 Å². The Morgan fingerprint density at radius 3 is 2.69 bits per heavy atom. The zero-order valence-electron chi connectivity index (χ0n) is 14.6. The van der Waals surface area contributed by atoms with Crippen molar-refractivity contribution in [3.63, 3.8) is 0 Å². The predicted octanol–water partition coefficient (Wildman–Crippen LogP) is 2.11. The lowest BCUT2D eigenvalue weighted by Gasteiger charge is -2.25. The van der Waals surface area contributed by atoms with Crippen molar-refractivity contribution in [1.29, 1.82) is 0 Å². The van der Waals surface area contributed by atoms with Gasteiger partial charge < -0.3 is 24.8 Å². The van der Waals surface area contributed by atoms with E-state index in [1.165, 1.54) is 0 Å². The highest BCUT2D eigenvalue weighted by Crippen LogP contribution is 2.30. The standard InChI is InChI=1S/C19H20N2O5/c1-24-15-8-7-12(9-16(15)25-2)11-20-18(22)10-17-19(23)21-13-5-3-4-6-14(13)26-17/h3-9,17H,10-11H2,1-2H3,(H,20,22)(H,21,23). The first kappa shape index (κ1) is 17.6. The predicted molar refractivity (Wildman–Crippen MR) is 95.5 cm³/mol. The molecular weight excluding hydrogens is 336 g/mol. The fraction of sp³-hybridized carbons (Fsp3) is 0.263. The molecule has 0 aliphatic carbocycles. The first-order valence-electron chi connectivity index (χ1n) is 8.15. The largest absolute Gasteiger partial charge is 0.493 e. The zero-order chi connectivity index (χ0) is 18.5. The molecule has 0 fully saturated rings. The molecule has 136 valence electrons. The number of fused-ring (bicyclic) bond motifs is 1. The number of carbonyl (C=O) groups excluding carboxylic acids is 2. The van der Waals surface area contributed by atoms with Gasteiger partial charge in [-0.1, -0.05) is 18.2 Å². The molecule has 1 aliphatic rings. The summed E-state index contributed by atoms with van der Waals surface area (Å²) < 4.78 is 16.1. The minimum atomic E-state index is -0.852. The third-order valence-electron chi connectivity index (χ3n) is 4.02. The van der Waals surface area contributed by atoms with Crippen LogP contribution in [-0.2, 0) is 16.1 Å². The number of rotatable bonds is 6. The van der Waals surface area contributed by atoms with Gasteiger partial charge in [0.05, 0.1) is 26.3 Å². The molecular formula is C19H20N2O5. The molecule has 7 nitrogen and oxygen atoms in total. The van der Waals surface area contributed by atoms with Crippen LogP contribution in [0.4, 0.5) is 5.69 Å². The second-order valence-electron chi connectivity index (χ2n) is 5.76. The van der Waals surface area contributed by atoms with E-state index in [0.29, 0.717) is 29.5 Å². The minimum absolute atomic E-state index is 0.0620. The van der Waals surface area contributed by atoms with Crippen molar-refractivity contribution in [2.75, 3.05) is 19.5 Å². The Bertz CT molecular complexity index is 821. The number of amides is 2. The third-order valence-corrected chi connectivity index (χ3v) is 4.02. The van der Waals surface area contributed by atoms with Crippen molar-refractivity contribution >= 4 is 17.5 Å². The van der Waals surface area contributed by atoms with Crippen molar-refractivity contribution in [2.45, 2.75) is 19.1 Å². The number of methoxy groups -OCH3 is 2. The Kier molecular flexibility index (Phi) is 5.26. The van der Waals surface area contributed by atoms with E-state index in [2.05, 4.69) is 10.6 Å². The molecule has 2 aromatic carbocycles. The van der Waals surface area contributed by atoms with Gasteiger partial charge in [0.25, 0.3) is 5.91 Å². The Morgan fingerprint density at radius 1 is 1.15 bits per heavy atom. The van der Waals surface area contributed by atoms with E-state index < -0.39 is 6.10 Å². The lowest BCUT2D eigenvalue weighted by atomic mass is 10.1. The van der Waals surface area contributed by atoms with Gasteiger partial charge in [-0.15, -0.1) is 0 Å². The van der Waals surface area contributed by atoms with Gasteiger partial charge >= 0.3 is 0 Å². The van der Waals surface area contributed by atoms with E-state index in [9.17, 15) is 9.59 Å². The van der Waals surface area contributed by atoms with Gasteiger partial charge in [-0.2, -0.15) is 0 Å². The lowest BCUT2D eigenvalue weighted by molar-refractivity contribution is -0.130. The first-order valence-corrected chi connectivity index (χ1v) is 8.15. The number of benzene rings is 2. The summed E-state index contributed by atoms with van der Waals surface area (Å²) in [6.07, 6.45) is -0.914. The van der Waals surface area contributed by atoms with E-state index >= 15 is 0 Å². The molecule has 1 aliphatic heterocycles. The molecule has 1 heterocycles. The van der Waals surface area contributed by atoms with Gasteiger partial charge in [0.2, 0.25) is 5.91 Å². The Hall–Kier alpha value is -3.22. The molecule has 0 saturated heterocycles. The van der Waals surface area contributed by atoms with Gasteiger partial charge in [-0.25, -0.2) is 0 Å². The minimum Gasteiger partial charge on any atom is -0.493 e. The van der Waals surface area contributed by atoms with Crippen LogP contribution in [0.25, 0.3) is 0 Å². The van der Waals surface area contributed by atoms with E-state index in [-0.39, 0.29) is 18.2 Å². The average molecular weight is 356 g/mol. The average Bonchev–Trinajstić information content (AvgIpc) is 2.66. The number of hydrogen-bond acceptors (Lipinski definition) is 5. The molecule has 3 rings (SSSR count). The van der Waals surface area contributed by atoms with Crippen molar-refractivity contribution in [2.24, 2.45) is 0 Å². The van der Waals surface area contributed by atoms with E-state index in [1.807, 2.05) is 12.1 Å². The van der Waals surface area contributed by atoms with E-state index in [0.717, 1.165) is 5.56 Å². The Labute approximate surface area is 151 Å². The van der Waals surface area contributed by atoms with Gasteiger partial charge in [-0.3, -0.25) is 9.59 Å². The van der Waals surface area contributed by atoms with Crippen LogP contribution in [0.1, 0.15) is 12.0 Å². The number of carbonyl (C=O) groups is 2. The molecule has 1 atom stereocenters. The summed E-state index contributed by atoms with van der Waals surface area (Å²) in [6, 6.07) is 12.5. The lowest BCUT2D eigenvalue weighted by Crippen LogP contribution is -2.40. The van der Waals surface area contributed by atoms with Crippen LogP contribution in [0.15, 0.2) is 42.5 Å². The molecule has 0 saturated carbocycles. The van der Waals surface area contributed by atoms with E-state index in [1.54, 1.807) is 44.6 Å².